The number of imidazole rings is 1. The zero-order valence-corrected chi connectivity index (χ0v) is 5.94. The molecule has 0 aliphatic heterocycles. The molecule has 0 fully saturated rings. The van der Waals surface area contributed by atoms with Crippen molar-refractivity contribution >= 4 is 5.97 Å². The summed E-state index contributed by atoms with van der Waals surface area (Å²) in [7, 11) is 0. The lowest BCUT2D eigenvalue weighted by Crippen LogP contribution is -2.25. The second kappa shape index (κ2) is 2.61. The minimum atomic E-state index is -1.02. The van der Waals surface area contributed by atoms with Crippen LogP contribution in [-0.2, 0) is 4.79 Å². The molecule has 1 atom stereocenters. The van der Waals surface area contributed by atoms with Crippen LogP contribution in [0.1, 0.15) is 13.0 Å². The summed E-state index contributed by atoms with van der Waals surface area (Å²) in [6.07, 6.45) is 2.81. The maximum Gasteiger partial charge on any atom is 0.326 e. The van der Waals surface area contributed by atoms with Crippen molar-refractivity contribution in [2.75, 3.05) is 0 Å². The van der Waals surface area contributed by atoms with Gasteiger partial charge in [0.25, 0.3) is 0 Å². The molecule has 2 N–H and O–H groups in total. The van der Waals surface area contributed by atoms with Gasteiger partial charge in [0.15, 0.2) is 0 Å². The molecule has 5 heteroatoms. The van der Waals surface area contributed by atoms with Crippen LogP contribution in [0.5, 0.6) is 0 Å². The lowest BCUT2D eigenvalue weighted by molar-refractivity contribution is -0.140. The van der Waals surface area contributed by atoms with E-state index >= 15 is 0 Å². The van der Waals surface area contributed by atoms with E-state index in [-0.39, 0.29) is 0 Å². The third kappa shape index (κ3) is 1.31. The predicted octanol–water partition coefficient (Wildman–Crippen LogP) is -0.178. The third-order valence-electron chi connectivity index (χ3n) is 1.45. The molecule has 1 rings (SSSR count). The molecule has 60 valence electrons. The fraction of sp³-hybridized carbons (Fsp3) is 0.333. The number of H-pyrrole nitrogens is 1. The van der Waals surface area contributed by atoms with E-state index in [2.05, 4.69) is 4.98 Å². The number of nitrogens with one attached hydrogen (secondary N) is 1. The van der Waals surface area contributed by atoms with Gasteiger partial charge in [-0.2, -0.15) is 0 Å². The largest absolute Gasteiger partial charge is 0.480 e. The van der Waals surface area contributed by atoms with Crippen LogP contribution in [0.15, 0.2) is 17.2 Å². The van der Waals surface area contributed by atoms with Gasteiger partial charge < -0.3 is 10.1 Å². The number of rotatable bonds is 2. The van der Waals surface area contributed by atoms with Crippen molar-refractivity contribution in [3.63, 3.8) is 0 Å². The highest BCUT2D eigenvalue weighted by Crippen LogP contribution is 1.99. The first-order chi connectivity index (χ1) is 5.13. The Bertz CT molecular complexity index is 312. The molecule has 11 heavy (non-hydrogen) atoms. The van der Waals surface area contributed by atoms with E-state index in [4.69, 9.17) is 5.11 Å². The van der Waals surface area contributed by atoms with E-state index in [0.29, 0.717) is 0 Å². The molecule has 0 aliphatic carbocycles. The van der Waals surface area contributed by atoms with Gasteiger partial charge in [-0.3, -0.25) is 4.57 Å². The van der Waals surface area contributed by atoms with Crippen molar-refractivity contribution in [1.29, 1.82) is 0 Å². The number of aromatic amines is 1. The van der Waals surface area contributed by atoms with Gasteiger partial charge in [-0.15, -0.1) is 0 Å². The Morgan fingerprint density at radius 1 is 1.82 bits per heavy atom. The summed E-state index contributed by atoms with van der Waals surface area (Å²) in [4.78, 5) is 23.5. The number of carboxylic acid groups (broad SMARTS) is 1. The minimum absolute atomic E-state index is 0.403. The molecular formula is C6H8N2O3. The molecule has 1 unspecified atom stereocenters. The smallest absolute Gasteiger partial charge is 0.326 e. The van der Waals surface area contributed by atoms with Gasteiger partial charge in [0.05, 0.1) is 0 Å². The van der Waals surface area contributed by atoms with Crippen LogP contribution in [0.4, 0.5) is 0 Å². The zero-order valence-electron chi connectivity index (χ0n) is 5.94. The molecule has 0 aromatic carbocycles. The molecule has 0 radical (unpaired) electrons. The van der Waals surface area contributed by atoms with Gasteiger partial charge in [-0.1, -0.05) is 0 Å². The normalized spacial score (nSPS) is 12.8. The average Bonchev–Trinajstić information content (AvgIpc) is 2.33. The molecule has 0 saturated heterocycles. The lowest BCUT2D eigenvalue weighted by atomic mass is 10.3. The zero-order chi connectivity index (χ0) is 8.43. The summed E-state index contributed by atoms with van der Waals surface area (Å²) in [6, 6.07) is -0.811. The van der Waals surface area contributed by atoms with Crippen molar-refractivity contribution in [2.24, 2.45) is 0 Å². The number of carbonyl (C=O) groups is 1. The van der Waals surface area contributed by atoms with E-state index in [1.165, 1.54) is 19.3 Å². The highest BCUT2D eigenvalue weighted by atomic mass is 16.4. The van der Waals surface area contributed by atoms with E-state index in [1.54, 1.807) is 0 Å². The van der Waals surface area contributed by atoms with Crippen molar-refractivity contribution in [1.82, 2.24) is 9.55 Å². The van der Waals surface area contributed by atoms with Crippen molar-refractivity contribution in [3.8, 4) is 0 Å². The molecule has 0 amide bonds. The quantitative estimate of drug-likeness (QED) is 0.623. The number of carboxylic acids is 1. The Morgan fingerprint density at radius 2 is 2.45 bits per heavy atom. The Kier molecular flexibility index (Phi) is 1.80. The number of hydrogen-bond donors (Lipinski definition) is 2. The Morgan fingerprint density at radius 3 is 2.82 bits per heavy atom. The number of hydrogen-bond acceptors (Lipinski definition) is 2. The maximum absolute atomic E-state index is 10.8. The van der Waals surface area contributed by atoms with Crippen molar-refractivity contribution in [2.45, 2.75) is 13.0 Å². The highest BCUT2D eigenvalue weighted by molar-refractivity contribution is 5.71. The van der Waals surface area contributed by atoms with Gasteiger partial charge in [-0.05, 0) is 6.92 Å². The van der Waals surface area contributed by atoms with E-state index < -0.39 is 17.7 Å². The van der Waals surface area contributed by atoms with Crippen molar-refractivity contribution in [3.05, 3.63) is 22.9 Å². The summed E-state index contributed by atoms with van der Waals surface area (Å²) in [5.41, 5.74) is -0.403. The van der Waals surface area contributed by atoms with Gasteiger partial charge in [0, 0.05) is 12.4 Å². The third-order valence-corrected chi connectivity index (χ3v) is 1.45. The van der Waals surface area contributed by atoms with Crippen LogP contribution in [0.2, 0.25) is 0 Å². The van der Waals surface area contributed by atoms with Crippen LogP contribution >= 0.6 is 0 Å². The van der Waals surface area contributed by atoms with E-state index in [1.807, 2.05) is 0 Å². The fourth-order valence-electron chi connectivity index (χ4n) is 0.755. The molecule has 5 nitrogen and oxygen atoms in total. The number of aromatic nitrogens is 2. The molecule has 0 bridgehead atoms. The molecular weight excluding hydrogens is 148 g/mol. The molecule has 0 spiro atoms. The van der Waals surface area contributed by atoms with E-state index in [0.717, 1.165) is 4.57 Å². The minimum Gasteiger partial charge on any atom is -0.480 e. The monoisotopic (exact) mass is 156 g/mol. The molecule has 0 saturated carbocycles. The summed E-state index contributed by atoms with van der Waals surface area (Å²) in [5, 5.41) is 8.50. The van der Waals surface area contributed by atoms with Gasteiger partial charge in [0.2, 0.25) is 0 Å². The van der Waals surface area contributed by atoms with Crippen molar-refractivity contribution < 1.29 is 9.90 Å². The summed E-state index contributed by atoms with van der Waals surface area (Å²) >= 11 is 0. The fourth-order valence-corrected chi connectivity index (χ4v) is 0.755. The Hall–Kier alpha value is -1.52. The lowest BCUT2D eigenvalue weighted by Gasteiger charge is -2.04. The average molecular weight is 156 g/mol. The second-order valence-electron chi connectivity index (χ2n) is 2.19. The summed E-state index contributed by atoms with van der Waals surface area (Å²) < 4.78 is 1.11. The summed E-state index contributed by atoms with van der Waals surface area (Å²) in [5.74, 6) is -1.02. The van der Waals surface area contributed by atoms with Crippen LogP contribution in [0, 0.1) is 0 Å². The first kappa shape index (κ1) is 7.59. The van der Waals surface area contributed by atoms with Crippen LogP contribution in [0.25, 0.3) is 0 Å². The van der Waals surface area contributed by atoms with E-state index in [9.17, 15) is 9.59 Å². The second-order valence-corrected chi connectivity index (χ2v) is 2.19. The first-order valence-electron chi connectivity index (χ1n) is 3.11. The van der Waals surface area contributed by atoms with Gasteiger partial charge in [0.1, 0.15) is 6.04 Å². The highest BCUT2D eigenvalue weighted by Gasteiger charge is 2.13. The summed E-state index contributed by atoms with van der Waals surface area (Å²) in [6.45, 7) is 1.44. The topological polar surface area (TPSA) is 75.1 Å². The predicted molar refractivity (Wildman–Crippen MR) is 37.4 cm³/mol. The van der Waals surface area contributed by atoms with Gasteiger partial charge in [-0.25, -0.2) is 9.59 Å². The SMILES string of the molecule is CC(C(=O)O)n1cc[nH]c1=O. The standard InChI is InChI=1S/C6H8N2O3/c1-4(5(9)10)8-3-2-7-6(8)11/h2-4H,1H3,(H,7,11)(H,9,10). The van der Waals surface area contributed by atoms with Crippen LogP contribution < -0.4 is 5.69 Å². The molecule has 1 heterocycles. The number of nitrogens with zero attached hydrogens (tertiary/aromatic N) is 1. The number of aliphatic carboxylic acids is 1. The molecule has 1 aromatic heterocycles. The Balaban J connectivity index is 3.02. The van der Waals surface area contributed by atoms with Crippen LogP contribution in [-0.4, -0.2) is 20.6 Å². The molecule has 1 aromatic rings. The maximum atomic E-state index is 10.8. The molecule has 0 aliphatic rings. The Labute approximate surface area is 62.3 Å². The van der Waals surface area contributed by atoms with Gasteiger partial charge >= 0.3 is 11.7 Å². The van der Waals surface area contributed by atoms with Crippen LogP contribution in [0.3, 0.4) is 0 Å². The first-order valence-corrected chi connectivity index (χ1v) is 3.11.